The number of hydrogen-bond acceptors (Lipinski definition) is 2. The van der Waals surface area contributed by atoms with E-state index in [2.05, 4.69) is 6.92 Å². The van der Waals surface area contributed by atoms with E-state index in [1.807, 2.05) is 0 Å². The number of nitrogens with zero attached hydrogens (tertiary/aromatic N) is 1. The first kappa shape index (κ1) is 18.6. The molecule has 0 spiro atoms. The van der Waals surface area contributed by atoms with Gasteiger partial charge in [-0.1, -0.05) is 19.1 Å². The highest BCUT2D eigenvalue weighted by molar-refractivity contribution is 5.69. The van der Waals surface area contributed by atoms with Crippen molar-refractivity contribution in [1.82, 2.24) is 4.90 Å². The van der Waals surface area contributed by atoms with Crippen LogP contribution in [-0.4, -0.2) is 23.1 Å². The predicted octanol–water partition coefficient (Wildman–Crippen LogP) is 5.41. The van der Waals surface area contributed by atoms with Gasteiger partial charge in [-0.05, 0) is 57.2 Å². The van der Waals surface area contributed by atoms with Crippen LogP contribution in [0.4, 0.5) is 18.0 Å². The predicted molar refractivity (Wildman–Crippen MR) is 85.5 cm³/mol. The Morgan fingerprint density at radius 2 is 1.75 bits per heavy atom. The first-order valence-electron chi connectivity index (χ1n) is 8.14. The van der Waals surface area contributed by atoms with Crippen LogP contribution in [0.5, 0.6) is 0 Å². The largest absolute Gasteiger partial charge is 0.444 e. The van der Waals surface area contributed by atoms with Gasteiger partial charge in [-0.2, -0.15) is 13.2 Å². The molecule has 2 atom stereocenters. The minimum Gasteiger partial charge on any atom is -0.444 e. The topological polar surface area (TPSA) is 29.5 Å². The lowest BCUT2D eigenvalue weighted by atomic mass is 9.88. The minimum absolute atomic E-state index is 0.258. The molecule has 1 aliphatic rings. The molecule has 1 saturated heterocycles. The zero-order valence-electron chi connectivity index (χ0n) is 14.5. The third-order valence-electron chi connectivity index (χ3n) is 4.12. The molecule has 0 aromatic heterocycles. The van der Waals surface area contributed by atoms with E-state index < -0.39 is 23.4 Å². The second-order valence-electron chi connectivity index (χ2n) is 7.44. The lowest BCUT2D eigenvalue weighted by molar-refractivity contribution is -0.137. The maximum Gasteiger partial charge on any atom is 0.416 e. The summed E-state index contributed by atoms with van der Waals surface area (Å²) in [5.74, 6) is 0.399. The van der Waals surface area contributed by atoms with Crippen LogP contribution in [0, 0.1) is 5.92 Å². The number of amides is 1. The minimum atomic E-state index is -4.36. The molecule has 0 N–H and O–H groups in total. The highest BCUT2D eigenvalue weighted by Gasteiger charge is 2.35. The van der Waals surface area contributed by atoms with Crippen LogP contribution >= 0.6 is 0 Å². The Hall–Kier alpha value is -1.72. The molecular weight excluding hydrogens is 319 g/mol. The fraction of sp³-hybridized carbons (Fsp3) is 0.611. The number of benzene rings is 1. The summed E-state index contributed by atoms with van der Waals surface area (Å²) in [4.78, 5) is 14.1. The molecule has 1 fully saturated rings. The first-order chi connectivity index (χ1) is 11.0. The summed E-state index contributed by atoms with van der Waals surface area (Å²) in [5.41, 5.74) is -0.579. The van der Waals surface area contributed by atoms with Crippen molar-refractivity contribution in [2.24, 2.45) is 5.92 Å². The average Bonchev–Trinajstić information content (AvgIpc) is 2.44. The summed E-state index contributed by atoms with van der Waals surface area (Å²) in [6.07, 6.45) is -3.20. The van der Waals surface area contributed by atoms with E-state index in [0.717, 1.165) is 18.6 Å². The van der Waals surface area contributed by atoms with Gasteiger partial charge in [0.25, 0.3) is 0 Å². The van der Waals surface area contributed by atoms with Gasteiger partial charge >= 0.3 is 12.3 Å². The van der Waals surface area contributed by atoms with E-state index in [4.69, 9.17) is 4.74 Å². The number of likely N-dealkylation sites (tertiary alicyclic amines) is 1. The van der Waals surface area contributed by atoms with E-state index >= 15 is 0 Å². The second kappa shape index (κ2) is 6.65. The molecule has 1 aliphatic heterocycles. The quantitative estimate of drug-likeness (QED) is 0.682. The molecule has 0 saturated carbocycles. The van der Waals surface area contributed by atoms with Gasteiger partial charge in [-0.15, -0.1) is 0 Å². The molecule has 3 nitrogen and oxygen atoms in total. The standard InChI is InChI=1S/C18H24F3NO2/c1-12-9-10-22(16(23)24-17(2,3)4)15(11-12)13-5-7-14(8-6-13)18(19,20)21/h5-8,12,15H,9-11H2,1-4H3/t12-,15?/m0/s1. The van der Waals surface area contributed by atoms with Crippen molar-refractivity contribution in [2.45, 2.75) is 58.4 Å². The maximum absolute atomic E-state index is 12.7. The number of hydrogen-bond donors (Lipinski definition) is 0. The van der Waals surface area contributed by atoms with Gasteiger partial charge in [0.1, 0.15) is 5.60 Å². The van der Waals surface area contributed by atoms with E-state index in [0.29, 0.717) is 24.4 Å². The zero-order chi connectivity index (χ0) is 18.1. The van der Waals surface area contributed by atoms with E-state index in [9.17, 15) is 18.0 Å². The smallest absolute Gasteiger partial charge is 0.416 e. The lowest BCUT2D eigenvalue weighted by Crippen LogP contribution is -2.43. The Bertz CT molecular complexity index is 575. The van der Waals surface area contributed by atoms with E-state index in [1.54, 1.807) is 25.7 Å². The van der Waals surface area contributed by atoms with Crippen molar-refractivity contribution in [3.8, 4) is 0 Å². The highest BCUT2D eigenvalue weighted by atomic mass is 19.4. The molecule has 134 valence electrons. The molecule has 0 bridgehead atoms. The number of piperidine rings is 1. The van der Waals surface area contributed by atoms with Gasteiger partial charge in [0.05, 0.1) is 11.6 Å². The SMILES string of the molecule is C[C@H]1CCN(C(=O)OC(C)(C)C)C(c2ccc(C(F)(F)F)cc2)C1. The normalized spacial score (nSPS) is 22.4. The Labute approximate surface area is 140 Å². The Morgan fingerprint density at radius 1 is 1.17 bits per heavy atom. The molecule has 1 amide bonds. The Kier molecular flexibility index (Phi) is 5.16. The van der Waals surface area contributed by atoms with E-state index in [-0.39, 0.29) is 6.04 Å². The van der Waals surface area contributed by atoms with Crippen LogP contribution in [0.1, 0.15) is 57.7 Å². The average molecular weight is 343 g/mol. The third kappa shape index (κ3) is 4.65. The van der Waals surface area contributed by atoms with Gasteiger partial charge in [-0.3, -0.25) is 0 Å². The summed E-state index contributed by atoms with van der Waals surface area (Å²) < 4.78 is 43.6. The van der Waals surface area contributed by atoms with Gasteiger partial charge in [0.15, 0.2) is 0 Å². The van der Waals surface area contributed by atoms with Crippen LogP contribution in [-0.2, 0) is 10.9 Å². The van der Waals surface area contributed by atoms with Gasteiger partial charge in [0.2, 0.25) is 0 Å². The fourth-order valence-electron chi connectivity index (χ4n) is 2.89. The lowest BCUT2D eigenvalue weighted by Gasteiger charge is -2.39. The van der Waals surface area contributed by atoms with Gasteiger partial charge in [0, 0.05) is 6.54 Å². The molecule has 6 heteroatoms. The highest BCUT2D eigenvalue weighted by Crippen LogP contribution is 2.36. The van der Waals surface area contributed by atoms with Crippen molar-refractivity contribution in [3.63, 3.8) is 0 Å². The van der Waals surface area contributed by atoms with Crippen LogP contribution in [0.3, 0.4) is 0 Å². The number of carbonyl (C=O) groups is 1. The Morgan fingerprint density at radius 3 is 2.25 bits per heavy atom. The van der Waals surface area contributed by atoms with Crippen LogP contribution < -0.4 is 0 Å². The molecular formula is C18H24F3NO2. The third-order valence-corrected chi connectivity index (χ3v) is 4.12. The molecule has 0 radical (unpaired) electrons. The zero-order valence-corrected chi connectivity index (χ0v) is 14.5. The number of rotatable bonds is 1. The molecule has 1 heterocycles. The molecule has 2 rings (SSSR count). The monoisotopic (exact) mass is 343 g/mol. The molecule has 1 aromatic rings. The summed E-state index contributed by atoms with van der Waals surface area (Å²) in [6.45, 7) is 8.02. The van der Waals surface area contributed by atoms with Crippen LogP contribution in [0.2, 0.25) is 0 Å². The van der Waals surface area contributed by atoms with Crippen LogP contribution in [0.15, 0.2) is 24.3 Å². The molecule has 0 aliphatic carbocycles. The summed E-state index contributed by atoms with van der Waals surface area (Å²) in [7, 11) is 0. The Balaban J connectivity index is 2.24. The maximum atomic E-state index is 12.7. The molecule has 1 unspecified atom stereocenters. The summed E-state index contributed by atoms with van der Waals surface area (Å²) in [6, 6.07) is 4.81. The number of alkyl halides is 3. The molecule has 1 aromatic carbocycles. The van der Waals surface area contributed by atoms with Crippen molar-refractivity contribution < 1.29 is 22.7 Å². The molecule has 24 heavy (non-hydrogen) atoms. The van der Waals surface area contributed by atoms with E-state index in [1.165, 1.54) is 12.1 Å². The van der Waals surface area contributed by atoms with Crippen molar-refractivity contribution in [3.05, 3.63) is 35.4 Å². The van der Waals surface area contributed by atoms with Gasteiger partial charge in [-0.25, -0.2) is 4.79 Å². The summed E-state index contributed by atoms with van der Waals surface area (Å²) in [5, 5.41) is 0. The number of carbonyl (C=O) groups excluding carboxylic acids is 1. The van der Waals surface area contributed by atoms with Crippen molar-refractivity contribution >= 4 is 6.09 Å². The van der Waals surface area contributed by atoms with Gasteiger partial charge < -0.3 is 9.64 Å². The first-order valence-corrected chi connectivity index (χ1v) is 8.14. The fourth-order valence-corrected chi connectivity index (χ4v) is 2.89. The number of halogens is 3. The van der Waals surface area contributed by atoms with Crippen molar-refractivity contribution in [2.75, 3.05) is 6.54 Å². The van der Waals surface area contributed by atoms with Crippen molar-refractivity contribution in [1.29, 1.82) is 0 Å². The van der Waals surface area contributed by atoms with Crippen LogP contribution in [0.25, 0.3) is 0 Å². The number of ether oxygens (including phenoxy) is 1. The second-order valence-corrected chi connectivity index (χ2v) is 7.44. The summed E-state index contributed by atoms with van der Waals surface area (Å²) >= 11 is 0.